The van der Waals surface area contributed by atoms with E-state index in [2.05, 4.69) is 14.4 Å². The fourth-order valence-electron chi connectivity index (χ4n) is 2.71. The highest BCUT2D eigenvalue weighted by Crippen LogP contribution is 2.22. The summed E-state index contributed by atoms with van der Waals surface area (Å²) in [5.74, 6) is -0.399. The topological polar surface area (TPSA) is 125 Å². The second kappa shape index (κ2) is 6.39. The standard InChI is InChI=1S/C14H18N4O5S2/c1-10(14(19)18-7-6-15-24(20,21)9-8-18)16-13-11-4-2-3-5-12(11)25(22,23)17-13/h2-5,10,15H,6-9H2,1H3,(H,16,17). The molecule has 1 aromatic rings. The number of carbonyl (C=O) groups excluding carboxylic acids is 1. The minimum Gasteiger partial charge on any atom is -0.338 e. The smallest absolute Gasteiger partial charge is 0.263 e. The first-order chi connectivity index (χ1) is 11.7. The summed E-state index contributed by atoms with van der Waals surface area (Å²) in [6, 6.07) is 5.54. The van der Waals surface area contributed by atoms with Gasteiger partial charge >= 0.3 is 0 Å². The van der Waals surface area contributed by atoms with E-state index in [1.54, 1.807) is 25.1 Å². The lowest BCUT2D eigenvalue weighted by Crippen LogP contribution is -2.40. The second-order valence-corrected chi connectivity index (χ2v) is 9.37. The normalized spacial score (nSPS) is 24.2. The Morgan fingerprint density at radius 1 is 1.20 bits per heavy atom. The maximum absolute atomic E-state index is 12.5. The Morgan fingerprint density at radius 3 is 2.68 bits per heavy atom. The highest BCUT2D eigenvalue weighted by atomic mass is 32.2. The summed E-state index contributed by atoms with van der Waals surface area (Å²) >= 11 is 0. The van der Waals surface area contributed by atoms with E-state index >= 15 is 0 Å². The van der Waals surface area contributed by atoms with Crippen LogP contribution in [-0.4, -0.2) is 64.9 Å². The molecule has 1 aromatic carbocycles. The zero-order valence-corrected chi connectivity index (χ0v) is 15.1. The van der Waals surface area contributed by atoms with Gasteiger partial charge in [-0.05, 0) is 19.1 Å². The van der Waals surface area contributed by atoms with Gasteiger partial charge in [0.1, 0.15) is 11.9 Å². The Balaban J connectivity index is 1.81. The Hall–Kier alpha value is -1.98. The van der Waals surface area contributed by atoms with Crippen LogP contribution in [0.4, 0.5) is 0 Å². The molecule has 0 aliphatic carbocycles. The highest BCUT2D eigenvalue weighted by Gasteiger charge is 2.32. The quantitative estimate of drug-likeness (QED) is 0.666. The van der Waals surface area contributed by atoms with E-state index in [0.717, 1.165) is 0 Å². The Labute approximate surface area is 146 Å². The lowest BCUT2D eigenvalue weighted by molar-refractivity contribution is -0.131. The van der Waals surface area contributed by atoms with Gasteiger partial charge in [0.05, 0.1) is 10.6 Å². The predicted molar refractivity (Wildman–Crippen MR) is 91.1 cm³/mol. The molecule has 1 amide bonds. The Kier molecular flexibility index (Phi) is 4.56. The highest BCUT2D eigenvalue weighted by molar-refractivity contribution is 7.90. The summed E-state index contributed by atoms with van der Waals surface area (Å²) in [5.41, 5.74) is 0.419. The number of amidine groups is 1. The molecule has 3 rings (SSSR count). The van der Waals surface area contributed by atoms with Gasteiger partial charge in [0.2, 0.25) is 15.9 Å². The third-order valence-corrected chi connectivity index (χ3v) is 6.75. The molecule has 0 spiro atoms. The number of sulfonamides is 2. The number of amides is 1. The summed E-state index contributed by atoms with van der Waals surface area (Å²) in [6.07, 6.45) is 0. The van der Waals surface area contributed by atoms with Crippen molar-refractivity contribution in [3.63, 3.8) is 0 Å². The number of benzene rings is 1. The summed E-state index contributed by atoms with van der Waals surface area (Å²) in [5, 5.41) is 0. The molecule has 1 atom stereocenters. The van der Waals surface area contributed by atoms with Crippen molar-refractivity contribution in [2.75, 3.05) is 25.4 Å². The zero-order chi connectivity index (χ0) is 18.2. The van der Waals surface area contributed by atoms with Gasteiger partial charge in [0, 0.05) is 25.2 Å². The summed E-state index contributed by atoms with van der Waals surface area (Å²) in [4.78, 5) is 18.3. The van der Waals surface area contributed by atoms with Crippen molar-refractivity contribution < 1.29 is 21.6 Å². The van der Waals surface area contributed by atoms with Crippen LogP contribution >= 0.6 is 0 Å². The molecule has 11 heteroatoms. The molecule has 2 aliphatic rings. The minimum atomic E-state index is -3.67. The van der Waals surface area contributed by atoms with Gasteiger partial charge in [-0.25, -0.2) is 21.6 Å². The molecule has 0 radical (unpaired) electrons. The molecule has 1 unspecified atom stereocenters. The number of fused-ring (bicyclic) bond motifs is 1. The molecular formula is C14H18N4O5S2. The van der Waals surface area contributed by atoms with E-state index in [-0.39, 0.29) is 42.0 Å². The lowest BCUT2D eigenvalue weighted by Gasteiger charge is -2.21. The first kappa shape index (κ1) is 17.8. The zero-order valence-electron chi connectivity index (χ0n) is 13.5. The molecule has 0 bridgehead atoms. The van der Waals surface area contributed by atoms with Gasteiger partial charge in [0.15, 0.2) is 0 Å². The maximum Gasteiger partial charge on any atom is 0.263 e. The molecule has 1 fully saturated rings. The first-order valence-electron chi connectivity index (χ1n) is 7.66. The summed E-state index contributed by atoms with van der Waals surface area (Å²) in [7, 11) is -7.03. The molecule has 9 nitrogen and oxygen atoms in total. The third-order valence-electron chi connectivity index (χ3n) is 3.99. The van der Waals surface area contributed by atoms with E-state index in [9.17, 15) is 21.6 Å². The monoisotopic (exact) mass is 386 g/mol. The molecular weight excluding hydrogens is 368 g/mol. The number of rotatable bonds is 2. The van der Waals surface area contributed by atoms with Gasteiger partial charge in [0.25, 0.3) is 10.0 Å². The molecule has 2 heterocycles. The number of aliphatic imine (C=N–C) groups is 1. The number of carbonyl (C=O) groups is 1. The average Bonchev–Trinajstić information content (AvgIpc) is 2.68. The van der Waals surface area contributed by atoms with Crippen molar-refractivity contribution in [1.82, 2.24) is 14.3 Å². The summed E-state index contributed by atoms with van der Waals surface area (Å²) < 4.78 is 52.0. The van der Waals surface area contributed by atoms with Crippen LogP contribution in [0, 0.1) is 0 Å². The fourth-order valence-corrected chi connectivity index (χ4v) is 4.96. The fraction of sp³-hybridized carbons (Fsp3) is 0.429. The number of nitrogens with one attached hydrogen (secondary N) is 2. The number of hydrogen-bond acceptors (Lipinski definition) is 6. The average molecular weight is 386 g/mol. The van der Waals surface area contributed by atoms with Crippen molar-refractivity contribution in [1.29, 1.82) is 0 Å². The second-order valence-electron chi connectivity index (χ2n) is 5.79. The van der Waals surface area contributed by atoms with Crippen LogP contribution in [-0.2, 0) is 24.8 Å². The lowest BCUT2D eigenvalue weighted by atomic mass is 10.2. The molecule has 0 saturated carbocycles. The molecule has 2 N–H and O–H groups in total. The van der Waals surface area contributed by atoms with E-state index in [4.69, 9.17) is 0 Å². The minimum absolute atomic E-state index is 0.0751. The van der Waals surface area contributed by atoms with Crippen LogP contribution < -0.4 is 9.44 Å². The molecule has 136 valence electrons. The molecule has 1 saturated heterocycles. The van der Waals surface area contributed by atoms with Gasteiger partial charge < -0.3 is 4.90 Å². The largest absolute Gasteiger partial charge is 0.338 e. The van der Waals surface area contributed by atoms with Gasteiger partial charge in [-0.1, -0.05) is 12.1 Å². The Bertz CT molecular complexity index is 940. The van der Waals surface area contributed by atoms with Crippen LogP contribution in [0.3, 0.4) is 0 Å². The van der Waals surface area contributed by atoms with E-state index in [0.29, 0.717) is 5.56 Å². The van der Waals surface area contributed by atoms with Crippen LogP contribution in [0.15, 0.2) is 34.2 Å². The van der Waals surface area contributed by atoms with Gasteiger partial charge in [-0.3, -0.25) is 14.5 Å². The van der Waals surface area contributed by atoms with E-state index < -0.39 is 26.1 Å². The van der Waals surface area contributed by atoms with Crippen LogP contribution in [0.5, 0.6) is 0 Å². The SMILES string of the molecule is CC(N=C1NS(=O)(=O)c2ccccc21)C(=O)N1CCNS(=O)(=O)CC1. The van der Waals surface area contributed by atoms with Gasteiger partial charge in [-0.15, -0.1) is 0 Å². The van der Waals surface area contributed by atoms with Crippen LogP contribution in [0.1, 0.15) is 12.5 Å². The van der Waals surface area contributed by atoms with E-state index in [1.165, 1.54) is 11.0 Å². The van der Waals surface area contributed by atoms with Gasteiger partial charge in [-0.2, -0.15) is 0 Å². The van der Waals surface area contributed by atoms with Crippen molar-refractivity contribution >= 4 is 31.8 Å². The third kappa shape index (κ3) is 3.67. The first-order valence-corrected chi connectivity index (χ1v) is 10.8. The summed E-state index contributed by atoms with van der Waals surface area (Å²) in [6.45, 7) is 2.02. The van der Waals surface area contributed by atoms with Crippen LogP contribution in [0.2, 0.25) is 0 Å². The Morgan fingerprint density at radius 2 is 1.92 bits per heavy atom. The molecule has 2 aliphatic heterocycles. The molecule has 25 heavy (non-hydrogen) atoms. The maximum atomic E-state index is 12.5. The predicted octanol–water partition coefficient (Wildman–Crippen LogP) is -1.12. The van der Waals surface area contributed by atoms with Crippen LogP contribution in [0.25, 0.3) is 0 Å². The van der Waals surface area contributed by atoms with Crippen molar-refractivity contribution in [3.05, 3.63) is 29.8 Å². The van der Waals surface area contributed by atoms with Crippen molar-refractivity contribution in [3.8, 4) is 0 Å². The van der Waals surface area contributed by atoms with Crippen molar-refractivity contribution in [2.24, 2.45) is 4.99 Å². The number of hydrogen-bond donors (Lipinski definition) is 2. The van der Waals surface area contributed by atoms with E-state index in [1.807, 2.05) is 0 Å². The number of nitrogens with zero attached hydrogens (tertiary/aromatic N) is 2. The molecule has 0 aromatic heterocycles. The van der Waals surface area contributed by atoms with Crippen molar-refractivity contribution in [2.45, 2.75) is 17.9 Å².